The van der Waals surface area contributed by atoms with E-state index in [1.54, 1.807) is 0 Å². The monoisotopic (exact) mass is 240 g/mol. The minimum absolute atomic E-state index is 0.254. The second-order valence-electron chi connectivity index (χ2n) is 4.19. The molecule has 0 amide bonds. The fourth-order valence-corrected chi connectivity index (χ4v) is 2.12. The van der Waals surface area contributed by atoms with Crippen LogP contribution in [-0.2, 0) is 10.6 Å². The van der Waals surface area contributed by atoms with Gasteiger partial charge in [0.15, 0.2) is 0 Å². The average molecular weight is 241 g/mol. The lowest BCUT2D eigenvalue weighted by atomic mass is 10.1. The molecule has 0 radical (unpaired) electrons. The molecule has 0 spiro atoms. The molecule has 1 heterocycles. The van der Waals surface area contributed by atoms with Gasteiger partial charge in [0.05, 0.1) is 12.0 Å². The summed E-state index contributed by atoms with van der Waals surface area (Å²) in [6, 6.07) is 6.10. The van der Waals surface area contributed by atoms with Gasteiger partial charge in [0.1, 0.15) is 12.4 Å². The lowest BCUT2D eigenvalue weighted by Gasteiger charge is -2.14. The number of alkyl halides is 1. The lowest BCUT2D eigenvalue weighted by Crippen LogP contribution is -2.16. The van der Waals surface area contributed by atoms with Crippen molar-refractivity contribution in [3.63, 3.8) is 0 Å². The molecule has 16 heavy (non-hydrogen) atoms. The molecule has 2 nitrogen and oxygen atoms in total. The van der Waals surface area contributed by atoms with Crippen molar-refractivity contribution in [3.8, 4) is 5.75 Å². The van der Waals surface area contributed by atoms with Crippen LogP contribution in [0.3, 0.4) is 0 Å². The summed E-state index contributed by atoms with van der Waals surface area (Å²) in [5.41, 5.74) is 2.26. The SMILES string of the molecule is Cc1ccc(OCC2CCCO2)c(CCl)c1. The molecule has 0 aliphatic carbocycles. The first-order valence-electron chi connectivity index (χ1n) is 5.69. The summed E-state index contributed by atoms with van der Waals surface area (Å²) in [5.74, 6) is 1.37. The standard InChI is InChI=1S/C13H17ClO2/c1-10-4-5-13(11(7-10)8-14)16-9-12-3-2-6-15-12/h4-5,7,12H,2-3,6,8-9H2,1H3. The Morgan fingerprint density at radius 3 is 3.06 bits per heavy atom. The second-order valence-corrected chi connectivity index (χ2v) is 4.46. The van der Waals surface area contributed by atoms with Gasteiger partial charge < -0.3 is 9.47 Å². The van der Waals surface area contributed by atoms with Crippen molar-refractivity contribution >= 4 is 11.6 Å². The molecule has 2 rings (SSSR count). The van der Waals surface area contributed by atoms with E-state index in [0.717, 1.165) is 30.8 Å². The molecular formula is C13H17ClO2. The van der Waals surface area contributed by atoms with Crippen LogP contribution in [0.25, 0.3) is 0 Å². The third-order valence-corrected chi connectivity index (χ3v) is 3.10. The van der Waals surface area contributed by atoms with E-state index in [-0.39, 0.29) is 6.10 Å². The molecular weight excluding hydrogens is 224 g/mol. The number of ether oxygens (including phenoxy) is 2. The highest BCUT2D eigenvalue weighted by Crippen LogP contribution is 2.23. The van der Waals surface area contributed by atoms with Crippen LogP contribution < -0.4 is 4.74 Å². The predicted octanol–water partition coefficient (Wildman–Crippen LogP) is 3.29. The minimum atomic E-state index is 0.254. The summed E-state index contributed by atoms with van der Waals surface area (Å²) in [7, 11) is 0. The van der Waals surface area contributed by atoms with E-state index >= 15 is 0 Å². The molecule has 0 N–H and O–H groups in total. The Bertz CT molecular complexity index is 346. The smallest absolute Gasteiger partial charge is 0.123 e. The summed E-state index contributed by atoms with van der Waals surface area (Å²) in [6.07, 6.45) is 2.50. The van der Waals surface area contributed by atoms with Gasteiger partial charge in [-0.1, -0.05) is 17.7 Å². The minimum Gasteiger partial charge on any atom is -0.491 e. The van der Waals surface area contributed by atoms with Crippen molar-refractivity contribution in [2.24, 2.45) is 0 Å². The van der Waals surface area contributed by atoms with Crippen LogP contribution in [0.15, 0.2) is 18.2 Å². The Hall–Kier alpha value is -0.730. The van der Waals surface area contributed by atoms with Crippen LogP contribution in [0.2, 0.25) is 0 Å². The lowest BCUT2D eigenvalue weighted by molar-refractivity contribution is 0.0677. The third-order valence-electron chi connectivity index (χ3n) is 2.81. The summed E-state index contributed by atoms with van der Waals surface area (Å²) in [6.45, 7) is 3.55. The zero-order chi connectivity index (χ0) is 11.4. The maximum atomic E-state index is 5.89. The van der Waals surface area contributed by atoms with Crippen molar-refractivity contribution in [3.05, 3.63) is 29.3 Å². The van der Waals surface area contributed by atoms with Gasteiger partial charge in [-0.3, -0.25) is 0 Å². The van der Waals surface area contributed by atoms with Crippen LogP contribution in [-0.4, -0.2) is 19.3 Å². The average Bonchev–Trinajstić information content (AvgIpc) is 2.80. The van der Waals surface area contributed by atoms with Crippen LogP contribution >= 0.6 is 11.6 Å². The highest BCUT2D eigenvalue weighted by molar-refractivity contribution is 6.17. The molecule has 0 bridgehead atoms. The van der Waals surface area contributed by atoms with E-state index in [2.05, 4.69) is 13.0 Å². The maximum Gasteiger partial charge on any atom is 0.123 e. The van der Waals surface area contributed by atoms with Crippen molar-refractivity contribution in [1.29, 1.82) is 0 Å². The highest BCUT2D eigenvalue weighted by Gasteiger charge is 2.16. The van der Waals surface area contributed by atoms with Crippen LogP contribution in [0, 0.1) is 6.92 Å². The first-order chi connectivity index (χ1) is 7.79. The molecule has 0 aromatic heterocycles. The molecule has 3 heteroatoms. The topological polar surface area (TPSA) is 18.5 Å². The molecule has 1 atom stereocenters. The molecule has 1 aliphatic rings. The number of aryl methyl sites for hydroxylation is 1. The van der Waals surface area contributed by atoms with Crippen molar-refractivity contribution in [2.45, 2.75) is 31.7 Å². The third kappa shape index (κ3) is 2.89. The summed E-state index contributed by atoms with van der Waals surface area (Å²) in [4.78, 5) is 0. The Balaban J connectivity index is 1.97. The zero-order valence-corrected chi connectivity index (χ0v) is 10.3. The molecule has 1 aromatic rings. The molecule has 1 unspecified atom stereocenters. The highest BCUT2D eigenvalue weighted by atomic mass is 35.5. The molecule has 1 aliphatic heterocycles. The van der Waals surface area contributed by atoms with E-state index in [4.69, 9.17) is 21.1 Å². The number of hydrogen-bond acceptors (Lipinski definition) is 2. The Labute approximate surface area is 102 Å². The van der Waals surface area contributed by atoms with Gasteiger partial charge in [-0.2, -0.15) is 0 Å². The fraction of sp³-hybridized carbons (Fsp3) is 0.538. The zero-order valence-electron chi connectivity index (χ0n) is 9.54. The number of rotatable bonds is 4. The van der Waals surface area contributed by atoms with Crippen molar-refractivity contribution < 1.29 is 9.47 Å². The maximum absolute atomic E-state index is 5.89. The number of hydrogen-bond donors (Lipinski definition) is 0. The Morgan fingerprint density at radius 1 is 1.50 bits per heavy atom. The van der Waals surface area contributed by atoms with Gasteiger partial charge >= 0.3 is 0 Å². The van der Waals surface area contributed by atoms with Crippen LogP contribution in [0.1, 0.15) is 24.0 Å². The van der Waals surface area contributed by atoms with Gasteiger partial charge in [0.25, 0.3) is 0 Å². The van der Waals surface area contributed by atoms with E-state index < -0.39 is 0 Å². The number of benzene rings is 1. The first-order valence-corrected chi connectivity index (χ1v) is 6.23. The van der Waals surface area contributed by atoms with Gasteiger partial charge in [0, 0.05) is 12.2 Å². The van der Waals surface area contributed by atoms with Gasteiger partial charge in [-0.25, -0.2) is 0 Å². The van der Waals surface area contributed by atoms with Crippen LogP contribution in [0.4, 0.5) is 0 Å². The Kier molecular flexibility index (Phi) is 4.08. The number of halogens is 1. The second kappa shape index (κ2) is 5.55. The molecule has 1 saturated heterocycles. The van der Waals surface area contributed by atoms with E-state index in [1.165, 1.54) is 5.56 Å². The van der Waals surface area contributed by atoms with E-state index in [1.807, 2.05) is 12.1 Å². The summed E-state index contributed by atoms with van der Waals surface area (Å²) < 4.78 is 11.3. The quantitative estimate of drug-likeness (QED) is 0.752. The molecule has 0 saturated carbocycles. The molecule has 1 aromatic carbocycles. The van der Waals surface area contributed by atoms with Gasteiger partial charge in [0.2, 0.25) is 0 Å². The van der Waals surface area contributed by atoms with E-state index in [0.29, 0.717) is 12.5 Å². The van der Waals surface area contributed by atoms with E-state index in [9.17, 15) is 0 Å². The Morgan fingerprint density at radius 2 is 2.38 bits per heavy atom. The first kappa shape index (κ1) is 11.7. The fourth-order valence-electron chi connectivity index (χ4n) is 1.91. The molecule has 88 valence electrons. The van der Waals surface area contributed by atoms with Crippen LogP contribution in [0.5, 0.6) is 5.75 Å². The largest absolute Gasteiger partial charge is 0.491 e. The van der Waals surface area contributed by atoms with Crippen molar-refractivity contribution in [1.82, 2.24) is 0 Å². The summed E-state index contributed by atoms with van der Waals surface area (Å²) in [5, 5.41) is 0. The summed E-state index contributed by atoms with van der Waals surface area (Å²) >= 11 is 5.89. The van der Waals surface area contributed by atoms with Gasteiger partial charge in [-0.05, 0) is 25.8 Å². The predicted molar refractivity (Wildman–Crippen MR) is 65.2 cm³/mol. The van der Waals surface area contributed by atoms with Gasteiger partial charge in [-0.15, -0.1) is 11.6 Å². The molecule has 1 fully saturated rings. The van der Waals surface area contributed by atoms with Crippen molar-refractivity contribution in [2.75, 3.05) is 13.2 Å². The normalized spacial score (nSPS) is 20.0.